The monoisotopic (exact) mass is 587 g/mol. The summed E-state index contributed by atoms with van der Waals surface area (Å²) in [4.78, 5) is 5.06. The van der Waals surface area contributed by atoms with Crippen LogP contribution in [-0.4, -0.2) is 47.1 Å². The van der Waals surface area contributed by atoms with Crippen LogP contribution >= 0.6 is 36.4 Å². The van der Waals surface area contributed by atoms with Gasteiger partial charge in [-0.05, 0) is 60.3 Å². The third-order valence-corrected chi connectivity index (χ3v) is 7.91. The fraction of sp³-hybridized carbons (Fsp3) is 0.355. The molecule has 1 aliphatic heterocycles. The van der Waals surface area contributed by atoms with Crippen molar-refractivity contribution in [2.24, 2.45) is 11.5 Å². The molecule has 2 heterocycles. The summed E-state index contributed by atoms with van der Waals surface area (Å²) >= 11 is 6.39. The van der Waals surface area contributed by atoms with E-state index in [4.69, 9.17) is 23.1 Å². The minimum absolute atomic E-state index is 0. The van der Waals surface area contributed by atoms with Crippen molar-refractivity contribution in [2.45, 2.75) is 39.5 Å². The minimum Gasteiger partial charge on any atom is -0.347 e. The molecule has 0 atom stereocenters. The van der Waals surface area contributed by atoms with Crippen molar-refractivity contribution in [3.8, 4) is 11.1 Å². The Morgan fingerprint density at radius 3 is 2.21 bits per heavy atom. The van der Waals surface area contributed by atoms with Gasteiger partial charge in [-0.1, -0.05) is 59.6 Å². The molecule has 1 aliphatic rings. The second kappa shape index (κ2) is 14.5. The Bertz CT molecular complexity index is 1360. The Balaban J connectivity index is 0.00000210. The SMILES string of the molecule is Cc1ccc(-c2cn(CCCN)c3ccc(CN4CCN(Cc5ccccc5Cl)CC4)cc23)c(CN)c1.Cl.Cl. The summed E-state index contributed by atoms with van der Waals surface area (Å²) in [6.45, 7) is 10.4. The fourth-order valence-electron chi connectivity index (χ4n) is 5.49. The van der Waals surface area contributed by atoms with Gasteiger partial charge in [0.05, 0.1) is 0 Å². The predicted octanol–water partition coefficient (Wildman–Crippen LogP) is 6.24. The predicted molar refractivity (Wildman–Crippen MR) is 170 cm³/mol. The van der Waals surface area contributed by atoms with Gasteiger partial charge >= 0.3 is 0 Å². The van der Waals surface area contributed by atoms with Crippen LogP contribution in [0.25, 0.3) is 22.0 Å². The van der Waals surface area contributed by atoms with Crippen molar-refractivity contribution < 1.29 is 0 Å². The highest BCUT2D eigenvalue weighted by atomic mass is 35.5. The highest BCUT2D eigenvalue weighted by molar-refractivity contribution is 6.31. The van der Waals surface area contributed by atoms with Crippen molar-refractivity contribution in [1.82, 2.24) is 14.4 Å². The second-order valence-corrected chi connectivity index (χ2v) is 10.6. The zero-order valence-electron chi connectivity index (χ0n) is 22.6. The molecule has 5 rings (SSSR count). The molecule has 1 aromatic heterocycles. The summed E-state index contributed by atoms with van der Waals surface area (Å²) in [5.74, 6) is 0. The number of halogens is 3. The maximum atomic E-state index is 6.39. The zero-order valence-corrected chi connectivity index (χ0v) is 25.0. The van der Waals surface area contributed by atoms with E-state index in [1.54, 1.807) is 0 Å². The van der Waals surface area contributed by atoms with Crippen molar-refractivity contribution in [3.05, 3.63) is 94.1 Å². The summed E-state index contributed by atoms with van der Waals surface area (Å²) in [5.41, 5.74) is 20.8. The Labute approximate surface area is 249 Å². The van der Waals surface area contributed by atoms with E-state index in [0.29, 0.717) is 13.1 Å². The molecule has 4 N–H and O–H groups in total. The van der Waals surface area contributed by atoms with Crippen LogP contribution in [0.3, 0.4) is 0 Å². The Kier molecular flexibility index (Phi) is 11.7. The van der Waals surface area contributed by atoms with Gasteiger partial charge in [0.15, 0.2) is 0 Å². The van der Waals surface area contributed by atoms with E-state index in [-0.39, 0.29) is 24.8 Å². The van der Waals surface area contributed by atoms with Crippen LogP contribution in [0.2, 0.25) is 5.02 Å². The smallest absolute Gasteiger partial charge is 0.0486 e. The molecule has 8 heteroatoms. The zero-order chi connectivity index (χ0) is 25.8. The molecular weight excluding hydrogens is 549 g/mol. The van der Waals surface area contributed by atoms with E-state index < -0.39 is 0 Å². The largest absolute Gasteiger partial charge is 0.347 e. The van der Waals surface area contributed by atoms with E-state index in [1.807, 2.05) is 12.1 Å². The lowest BCUT2D eigenvalue weighted by atomic mass is 9.96. The standard InChI is InChI=1S/C31H38ClN5.2ClH/c1-23-7-9-27(26(17-23)19-34)29-22-37(12-4-11-33)31-10-8-24(18-28(29)31)20-35-13-15-36(16-14-35)21-25-5-2-3-6-30(25)32;;/h2-3,5-10,17-18,22H,4,11-16,19-21,33-34H2,1H3;2*1H. The number of aromatic nitrogens is 1. The molecular formula is C31H40Cl3N5. The van der Waals surface area contributed by atoms with Gasteiger partial charge in [0.2, 0.25) is 0 Å². The number of hydrogen-bond acceptors (Lipinski definition) is 4. The van der Waals surface area contributed by atoms with E-state index in [9.17, 15) is 0 Å². The maximum Gasteiger partial charge on any atom is 0.0486 e. The molecule has 0 unspecified atom stereocenters. The van der Waals surface area contributed by atoms with E-state index >= 15 is 0 Å². The van der Waals surface area contributed by atoms with Crippen molar-refractivity contribution in [2.75, 3.05) is 32.7 Å². The summed E-state index contributed by atoms with van der Waals surface area (Å²) in [7, 11) is 0. The Morgan fingerprint density at radius 2 is 1.51 bits per heavy atom. The number of fused-ring (bicyclic) bond motifs is 1. The number of hydrogen-bond donors (Lipinski definition) is 2. The van der Waals surface area contributed by atoms with E-state index in [1.165, 1.54) is 44.3 Å². The molecule has 1 saturated heterocycles. The molecule has 4 aromatic rings. The maximum absolute atomic E-state index is 6.39. The van der Waals surface area contributed by atoms with E-state index in [0.717, 1.165) is 57.3 Å². The van der Waals surface area contributed by atoms with Gasteiger partial charge in [-0.25, -0.2) is 0 Å². The molecule has 3 aromatic carbocycles. The lowest BCUT2D eigenvalue weighted by Crippen LogP contribution is -2.45. The normalized spacial score (nSPS) is 14.3. The second-order valence-electron chi connectivity index (χ2n) is 10.2. The topological polar surface area (TPSA) is 63.5 Å². The van der Waals surface area contributed by atoms with Gasteiger partial charge in [0.25, 0.3) is 0 Å². The first-order valence-corrected chi connectivity index (χ1v) is 13.7. The molecule has 1 fully saturated rings. The Hall–Kier alpha value is -2.09. The summed E-state index contributed by atoms with van der Waals surface area (Å²) in [5, 5.41) is 2.16. The van der Waals surface area contributed by atoms with Gasteiger partial charge in [-0.3, -0.25) is 9.80 Å². The lowest BCUT2D eigenvalue weighted by molar-refractivity contribution is 0.122. The van der Waals surface area contributed by atoms with Crippen LogP contribution in [0, 0.1) is 6.92 Å². The molecule has 0 saturated carbocycles. The fourth-order valence-corrected chi connectivity index (χ4v) is 5.68. The lowest BCUT2D eigenvalue weighted by Gasteiger charge is -2.35. The first-order valence-electron chi connectivity index (χ1n) is 13.4. The molecule has 0 radical (unpaired) electrons. The number of rotatable bonds is 9. The highest BCUT2D eigenvalue weighted by Crippen LogP contribution is 2.34. The average Bonchev–Trinajstić information content (AvgIpc) is 3.27. The van der Waals surface area contributed by atoms with Gasteiger partial charge in [0, 0.05) is 80.0 Å². The number of piperazine rings is 1. The number of nitrogens with two attached hydrogens (primary N) is 2. The third-order valence-electron chi connectivity index (χ3n) is 7.54. The number of benzene rings is 3. The molecule has 0 amide bonds. The quantitative estimate of drug-likeness (QED) is 0.243. The van der Waals surface area contributed by atoms with Crippen molar-refractivity contribution >= 4 is 47.3 Å². The van der Waals surface area contributed by atoms with Crippen LogP contribution in [0.15, 0.2) is 66.9 Å². The van der Waals surface area contributed by atoms with Crippen LogP contribution in [0.5, 0.6) is 0 Å². The summed E-state index contributed by atoms with van der Waals surface area (Å²) in [6, 6.07) is 21.8. The first-order chi connectivity index (χ1) is 18.1. The van der Waals surface area contributed by atoms with Crippen molar-refractivity contribution in [3.63, 3.8) is 0 Å². The van der Waals surface area contributed by atoms with Crippen LogP contribution in [0.1, 0.15) is 28.7 Å². The summed E-state index contributed by atoms with van der Waals surface area (Å²) in [6.07, 6.45) is 3.25. The van der Waals surface area contributed by atoms with Crippen LogP contribution in [0.4, 0.5) is 0 Å². The first kappa shape index (κ1) is 31.4. The minimum atomic E-state index is 0. The Morgan fingerprint density at radius 1 is 0.795 bits per heavy atom. The van der Waals surface area contributed by atoms with Gasteiger partial charge < -0.3 is 16.0 Å². The molecule has 0 bridgehead atoms. The highest BCUT2D eigenvalue weighted by Gasteiger charge is 2.19. The molecule has 5 nitrogen and oxygen atoms in total. The average molecular weight is 589 g/mol. The molecule has 210 valence electrons. The van der Waals surface area contributed by atoms with Gasteiger partial charge in [-0.15, -0.1) is 24.8 Å². The molecule has 0 spiro atoms. The number of nitrogens with zero attached hydrogens (tertiary/aromatic N) is 3. The van der Waals surface area contributed by atoms with Gasteiger partial charge in [-0.2, -0.15) is 0 Å². The number of aryl methyl sites for hydroxylation is 2. The van der Waals surface area contributed by atoms with Crippen molar-refractivity contribution in [1.29, 1.82) is 0 Å². The molecule has 39 heavy (non-hydrogen) atoms. The van der Waals surface area contributed by atoms with Crippen LogP contribution in [-0.2, 0) is 26.2 Å². The van der Waals surface area contributed by atoms with E-state index in [2.05, 4.69) is 76.0 Å². The van der Waals surface area contributed by atoms with Gasteiger partial charge in [0.1, 0.15) is 0 Å². The third kappa shape index (κ3) is 7.36. The molecule has 0 aliphatic carbocycles. The van der Waals surface area contributed by atoms with Crippen LogP contribution < -0.4 is 11.5 Å². The summed E-state index contributed by atoms with van der Waals surface area (Å²) < 4.78 is 2.36.